The van der Waals surface area contributed by atoms with Gasteiger partial charge in [-0.05, 0) is 66.1 Å². The van der Waals surface area contributed by atoms with Crippen LogP contribution < -0.4 is 11.1 Å². The van der Waals surface area contributed by atoms with Gasteiger partial charge in [-0.1, -0.05) is 19.1 Å². The summed E-state index contributed by atoms with van der Waals surface area (Å²) in [6, 6.07) is 8.59. The summed E-state index contributed by atoms with van der Waals surface area (Å²) in [5.41, 5.74) is 5.16. The monoisotopic (exact) mass is 613 g/mol. The highest BCUT2D eigenvalue weighted by molar-refractivity contribution is 5.94. The van der Waals surface area contributed by atoms with E-state index < -0.39 is 53.7 Å². The number of hydrogen-bond donors (Lipinski definition) is 2. The van der Waals surface area contributed by atoms with Crippen LogP contribution in [0, 0.1) is 22.9 Å². The van der Waals surface area contributed by atoms with Crippen LogP contribution in [-0.4, -0.2) is 26.6 Å². The minimum atomic E-state index is -4.69. The maximum atomic E-state index is 14.2. The van der Waals surface area contributed by atoms with Gasteiger partial charge in [0, 0.05) is 35.0 Å². The van der Waals surface area contributed by atoms with Crippen molar-refractivity contribution in [2.75, 3.05) is 0 Å². The fraction of sp³-hybridized carbons (Fsp3) is 0.290. The molecule has 0 spiro atoms. The van der Waals surface area contributed by atoms with Gasteiger partial charge in [0.05, 0.1) is 17.3 Å². The van der Waals surface area contributed by atoms with Gasteiger partial charge in [-0.25, -0.2) is 13.2 Å². The number of amides is 2. The molecule has 1 fully saturated rings. The van der Waals surface area contributed by atoms with Gasteiger partial charge < -0.3 is 11.1 Å². The SMILES string of the molecule is CC12Cc3c(C(F)(F)F)nn(CC(=O)N[C@@H](Cc4cc(F)cc(F)c4)c4ncccc4-c4ccc(F)c(C(N)=O)c4)c3[C@H]1C2. The van der Waals surface area contributed by atoms with Gasteiger partial charge in [-0.15, -0.1) is 0 Å². The third-order valence-electron chi connectivity index (χ3n) is 8.33. The highest BCUT2D eigenvalue weighted by Gasteiger charge is 2.60. The van der Waals surface area contributed by atoms with E-state index in [2.05, 4.69) is 15.4 Å². The zero-order valence-electron chi connectivity index (χ0n) is 23.2. The largest absolute Gasteiger partial charge is 0.435 e. The molecule has 1 saturated carbocycles. The average molecular weight is 614 g/mol. The van der Waals surface area contributed by atoms with Crippen LogP contribution in [-0.2, 0) is 30.4 Å². The number of aromatic nitrogens is 3. The minimum absolute atomic E-state index is 0.101. The number of hydrogen-bond acceptors (Lipinski definition) is 4. The normalized spacial score (nSPS) is 19.3. The molecule has 0 aliphatic heterocycles. The molecule has 7 nitrogen and oxygen atoms in total. The van der Waals surface area contributed by atoms with Crippen molar-refractivity contribution in [1.82, 2.24) is 20.1 Å². The van der Waals surface area contributed by atoms with Gasteiger partial charge in [-0.3, -0.25) is 19.3 Å². The molecule has 228 valence electrons. The molecular weight excluding hydrogens is 588 g/mol. The van der Waals surface area contributed by atoms with E-state index >= 15 is 0 Å². The maximum Gasteiger partial charge on any atom is 0.435 e. The van der Waals surface area contributed by atoms with Crippen molar-refractivity contribution < 1.29 is 35.9 Å². The molecule has 2 aromatic heterocycles. The first kappa shape index (κ1) is 29.4. The summed E-state index contributed by atoms with van der Waals surface area (Å²) in [4.78, 5) is 29.7. The van der Waals surface area contributed by atoms with Crippen LogP contribution in [0.15, 0.2) is 54.7 Å². The van der Waals surface area contributed by atoms with Gasteiger partial charge in [0.2, 0.25) is 5.91 Å². The van der Waals surface area contributed by atoms with Gasteiger partial charge in [0.15, 0.2) is 5.69 Å². The number of primary amides is 1. The standard InChI is InChI=1S/C31H25F6N5O2/c1-30-12-21-27(22(30)13-30)42(41-28(21)31(35,36)37)14-25(43)40-24(9-15-7-17(32)11-18(33)8-15)26-19(3-2-6-39-26)16-4-5-23(34)20(10-16)29(38)44/h2-8,10-11,22,24H,9,12-14H2,1H3,(H2,38,44)(H,40,43)/t22-,24+,30?/m1/s1. The van der Waals surface area contributed by atoms with E-state index in [-0.39, 0.29) is 46.6 Å². The lowest BCUT2D eigenvalue weighted by Gasteiger charge is -2.22. The van der Waals surface area contributed by atoms with Gasteiger partial charge in [0.25, 0.3) is 5.91 Å². The fourth-order valence-corrected chi connectivity index (χ4v) is 6.24. The molecule has 44 heavy (non-hydrogen) atoms. The van der Waals surface area contributed by atoms with Crippen LogP contribution in [0.25, 0.3) is 11.1 Å². The van der Waals surface area contributed by atoms with E-state index in [0.29, 0.717) is 29.3 Å². The number of halogens is 6. The number of nitrogens with zero attached hydrogens (tertiary/aromatic N) is 3. The Morgan fingerprint density at radius 2 is 1.84 bits per heavy atom. The zero-order valence-corrected chi connectivity index (χ0v) is 23.2. The molecule has 0 radical (unpaired) electrons. The second-order valence-corrected chi connectivity index (χ2v) is 11.6. The van der Waals surface area contributed by atoms with Crippen LogP contribution in [0.1, 0.15) is 63.9 Å². The molecule has 4 aromatic rings. The molecule has 13 heteroatoms. The summed E-state index contributed by atoms with van der Waals surface area (Å²) in [6.07, 6.45) is -2.53. The maximum absolute atomic E-state index is 14.2. The third kappa shape index (κ3) is 5.42. The van der Waals surface area contributed by atoms with Crippen LogP contribution in [0.5, 0.6) is 0 Å². The van der Waals surface area contributed by atoms with E-state index in [0.717, 1.165) is 22.9 Å². The Hall–Kier alpha value is -4.68. The van der Waals surface area contributed by atoms with Crippen molar-refractivity contribution in [2.45, 2.75) is 50.9 Å². The molecule has 2 aromatic carbocycles. The van der Waals surface area contributed by atoms with Crippen LogP contribution in [0.2, 0.25) is 0 Å². The molecule has 0 bridgehead atoms. The third-order valence-corrected chi connectivity index (χ3v) is 8.33. The molecular formula is C31H25F6N5O2. The van der Waals surface area contributed by atoms with Crippen molar-refractivity contribution in [2.24, 2.45) is 11.1 Å². The molecule has 0 saturated heterocycles. The van der Waals surface area contributed by atoms with E-state index in [1.807, 2.05) is 6.92 Å². The number of pyridine rings is 1. The molecule has 2 aliphatic carbocycles. The Labute approximate surface area is 247 Å². The Morgan fingerprint density at radius 3 is 2.52 bits per heavy atom. The Balaban J connectivity index is 1.37. The quantitative estimate of drug-likeness (QED) is 0.252. The predicted octanol–water partition coefficient (Wildman–Crippen LogP) is 5.63. The first-order valence-corrected chi connectivity index (χ1v) is 13.7. The lowest BCUT2D eigenvalue weighted by Crippen LogP contribution is -2.34. The summed E-state index contributed by atoms with van der Waals surface area (Å²) in [5.74, 6) is -4.41. The number of nitrogens with two attached hydrogens (primary N) is 1. The second kappa shape index (κ2) is 10.5. The van der Waals surface area contributed by atoms with Crippen LogP contribution in [0.4, 0.5) is 26.3 Å². The van der Waals surface area contributed by atoms with Crippen molar-refractivity contribution in [3.05, 3.63) is 106 Å². The summed E-state index contributed by atoms with van der Waals surface area (Å²) in [7, 11) is 0. The Kier molecular flexibility index (Phi) is 7.01. The molecule has 2 amide bonds. The van der Waals surface area contributed by atoms with Crippen LogP contribution >= 0.6 is 0 Å². The summed E-state index contributed by atoms with van der Waals surface area (Å²) in [6.45, 7) is 1.36. The number of nitrogens with one attached hydrogen (secondary N) is 1. The van der Waals surface area contributed by atoms with Gasteiger partial charge in [-0.2, -0.15) is 18.3 Å². The van der Waals surface area contributed by atoms with Crippen LogP contribution in [0.3, 0.4) is 0 Å². The molecule has 3 N–H and O–H groups in total. The van der Waals surface area contributed by atoms with E-state index in [9.17, 15) is 35.9 Å². The Morgan fingerprint density at radius 1 is 1.11 bits per heavy atom. The second-order valence-electron chi connectivity index (χ2n) is 11.6. The van der Waals surface area contributed by atoms with Gasteiger partial charge >= 0.3 is 6.18 Å². The molecule has 2 aliphatic rings. The minimum Gasteiger partial charge on any atom is -0.366 e. The number of fused-ring (bicyclic) bond motifs is 3. The number of benzene rings is 2. The first-order valence-electron chi connectivity index (χ1n) is 13.7. The first-order chi connectivity index (χ1) is 20.7. The summed E-state index contributed by atoms with van der Waals surface area (Å²) < 4.78 is 85.0. The predicted molar refractivity (Wildman–Crippen MR) is 145 cm³/mol. The number of alkyl halides is 3. The molecule has 3 atom stereocenters. The molecule has 2 heterocycles. The smallest absolute Gasteiger partial charge is 0.366 e. The molecule has 1 unspecified atom stereocenters. The van der Waals surface area contributed by atoms with E-state index in [4.69, 9.17) is 5.73 Å². The molecule has 6 rings (SSSR count). The Bertz CT molecular complexity index is 1800. The topological polar surface area (TPSA) is 103 Å². The van der Waals surface area contributed by atoms with Crippen molar-refractivity contribution >= 4 is 11.8 Å². The van der Waals surface area contributed by atoms with E-state index in [1.54, 1.807) is 12.1 Å². The van der Waals surface area contributed by atoms with Crippen molar-refractivity contribution in [3.63, 3.8) is 0 Å². The highest BCUT2D eigenvalue weighted by atomic mass is 19.4. The lowest BCUT2D eigenvalue weighted by molar-refractivity contribution is -0.142. The average Bonchev–Trinajstić information content (AvgIpc) is 3.30. The fourth-order valence-electron chi connectivity index (χ4n) is 6.24. The number of rotatable bonds is 8. The van der Waals surface area contributed by atoms with E-state index in [1.165, 1.54) is 18.3 Å². The number of carbonyl (C=O) groups excluding carboxylic acids is 2. The van der Waals surface area contributed by atoms with Gasteiger partial charge in [0.1, 0.15) is 24.0 Å². The summed E-state index contributed by atoms with van der Waals surface area (Å²) in [5, 5.41) is 6.53. The zero-order chi connectivity index (χ0) is 31.6. The lowest BCUT2D eigenvalue weighted by atomic mass is 9.94. The highest BCUT2D eigenvalue weighted by Crippen LogP contribution is 2.67. The van der Waals surface area contributed by atoms with Crippen molar-refractivity contribution in [1.29, 1.82) is 0 Å². The number of carbonyl (C=O) groups is 2. The van der Waals surface area contributed by atoms with Crippen molar-refractivity contribution in [3.8, 4) is 11.1 Å². The summed E-state index contributed by atoms with van der Waals surface area (Å²) >= 11 is 0.